The Bertz CT molecular complexity index is 374. The molecule has 0 aliphatic rings. The molecule has 3 heteroatoms. The molecule has 1 aromatic rings. The Kier molecular flexibility index (Phi) is 4.52. The van der Waals surface area contributed by atoms with Gasteiger partial charge in [0.05, 0.1) is 13.7 Å². The van der Waals surface area contributed by atoms with Crippen LogP contribution in [-0.4, -0.2) is 18.8 Å². The minimum Gasteiger partial charge on any atom is -0.493 e. The minimum atomic E-state index is -0.0141. The van der Waals surface area contributed by atoms with E-state index in [-0.39, 0.29) is 6.61 Å². The lowest BCUT2D eigenvalue weighted by Crippen LogP contribution is -1.98. The highest BCUT2D eigenvalue weighted by Gasteiger charge is 2.04. The van der Waals surface area contributed by atoms with Crippen molar-refractivity contribution in [2.45, 2.75) is 13.5 Å². The summed E-state index contributed by atoms with van der Waals surface area (Å²) in [5.41, 5.74) is 0.787. The molecule has 0 unspecified atom stereocenters. The maximum atomic E-state index is 8.97. The van der Waals surface area contributed by atoms with Crippen LogP contribution < -0.4 is 9.47 Å². The van der Waals surface area contributed by atoms with Crippen molar-refractivity contribution in [2.24, 2.45) is 0 Å². The number of benzene rings is 1. The van der Waals surface area contributed by atoms with E-state index in [0.29, 0.717) is 18.1 Å². The first-order valence-corrected chi connectivity index (χ1v) is 4.62. The highest BCUT2D eigenvalue weighted by Crippen LogP contribution is 2.27. The number of aliphatic hydroxyl groups is 1. The van der Waals surface area contributed by atoms with Gasteiger partial charge in [-0.2, -0.15) is 0 Å². The molecule has 3 nitrogen and oxygen atoms in total. The maximum absolute atomic E-state index is 8.97. The number of methoxy groups -OCH3 is 1. The normalized spacial score (nSPS) is 9.00. The summed E-state index contributed by atoms with van der Waals surface area (Å²) in [4.78, 5) is 0. The molecule has 1 aromatic carbocycles. The van der Waals surface area contributed by atoms with Crippen molar-refractivity contribution >= 4 is 0 Å². The van der Waals surface area contributed by atoms with E-state index in [1.165, 1.54) is 0 Å². The predicted molar refractivity (Wildman–Crippen MR) is 57.9 cm³/mol. The minimum absolute atomic E-state index is 0.0141. The summed E-state index contributed by atoms with van der Waals surface area (Å²) in [6, 6.07) is 5.30. The van der Waals surface area contributed by atoms with E-state index in [9.17, 15) is 0 Å². The van der Waals surface area contributed by atoms with Crippen LogP contribution in [0.1, 0.15) is 12.5 Å². The molecule has 0 amide bonds. The topological polar surface area (TPSA) is 38.7 Å². The molecular weight excluding hydrogens is 192 g/mol. The number of rotatable bonds is 4. The Morgan fingerprint density at radius 1 is 1.33 bits per heavy atom. The first-order chi connectivity index (χ1) is 7.31. The van der Waals surface area contributed by atoms with Crippen LogP contribution in [0.2, 0.25) is 0 Å². The zero-order valence-electron chi connectivity index (χ0n) is 8.91. The molecule has 0 saturated carbocycles. The second-order valence-corrected chi connectivity index (χ2v) is 2.86. The molecule has 15 heavy (non-hydrogen) atoms. The summed E-state index contributed by atoms with van der Waals surface area (Å²) in [6.07, 6.45) is 0. The van der Waals surface area contributed by atoms with Gasteiger partial charge in [0.1, 0.15) is 6.61 Å². The molecule has 0 radical (unpaired) electrons. The molecule has 0 aliphatic carbocycles. The monoisotopic (exact) mass is 206 g/mol. The van der Waals surface area contributed by atoms with Gasteiger partial charge in [-0.25, -0.2) is 0 Å². The average molecular weight is 206 g/mol. The summed E-state index contributed by atoms with van der Waals surface area (Å²) in [5, 5.41) is 8.97. The van der Waals surface area contributed by atoms with Crippen LogP contribution >= 0.6 is 0 Å². The molecule has 0 aliphatic heterocycles. The number of ether oxygens (including phenoxy) is 2. The zero-order chi connectivity index (χ0) is 11.1. The third-order valence-corrected chi connectivity index (χ3v) is 1.89. The Morgan fingerprint density at radius 2 is 2.13 bits per heavy atom. The smallest absolute Gasteiger partial charge is 0.162 e. The van der Waals surface area contributed by atoms with Crippen molar-refractivity contribution in [3.05, 3.63) is 23.8 Å². The number of aliphatic hydroxyl groups excluding tert-OH is 1. The van der Waals surface area contributed by atoms with Gasteiger partial charge in [-0.3, -0.25) is 0 Å². The van der Waals surface area contributed by atoms with Crippen LogP contribution in [0, 0.1) is 11.8 Å². The van der Waals surface area contributed by atoms with Crippen molar-refractivity contribution in [3.8, 4) is 23.3 Å². The fraction of sp³-hybridized carbons (Fsp3) is 0.333. The third-order valence-electron chi connectivity index (χ3n) is 1.89. The summed E-state index contributed by atoms with van der Waals surface area (Å²) in [5.74, 6) is 6.78. The summed E-state index contributed by atoms with van der Waals surface area (Å²) in [7, 11) is 1.58. The molecule has 0 saturated heterocycles. The number of hydrogen-bond acceptors (Lipinski definition) is 3. The van der Waals surface area contributed by atoms with Crippen LogP contribution in [-0.2, 0) is 6.61 Å². The summed E-state index contributed by atoms with van der Waals surface area (Å²) in [6.45, 7) is 2.06. The molecule has 0 spiro atoms. The number of hydrogen-bond donors (Lipinski definition) is 1. The van der Waals surface area contributed by atoms with E-state index in [1.54, 1.807) is 32.2 Å². The molecule has 0 heterocycles. The van der Waals surface area contributed by atoms with Gasteiger partial charge in [0.15, 0.2) is 11.5 Å². The fourth-order valence-electron chi connectivity index (χ4n) is 1.12. The van der Waals surface area contributed by atoms with Crippen molar-refractivity contribution in [2.75, 3.05) is 13.7 Å². The van der Waals surface area contributed by atoms with Gasteiger partial charge in [0, 0.05) is 0 Å². The second kappa shape index (κ2) is 5.94. The molecule has 1 N–H and O–H groups in total. The van der Waals surface area contributed by atoms with Crippen LogP contribution in [0.25, 0.3) is 0 Å². The molecular formula is C12H14O3. The van der Waals surface area contributed by atoms with Crippen LogP contribution in [0.5, 0.6) is 11.5 Å². The van der Waals surface area contributed by atoms with Gasteiger partial charge in [0.25, 0.3) is 0 Å². The Hall–Kier alpha value is -1.66. The lowest BCUT2D eigenvalue weighted by molar-refractivity contribution is 0.279. The highest BCUT2D eigenvalue weighted by molar-refractivity contribution is 5.42. The molecule has 0 bridgehead atoms. The lowest BCUT2D eigenvalue weighted by Gasteiger charge is -2.09. The standard InChI is InChI=1S/C12H14O3/c1-3-4-7-15-12-8-10(9-13)5-6-11(12)14-2/h5-6,8,13H,7,9H2,1-2H3. The average Bonchev–Trinajstić information content (AvgIpc) is 2.29. The van der Waals surface area contributed by atoms with Crippen molar-refractivity contribution < 1.29 is 14.6 Å². The van der Waals surface area contributed by atoms with E-state index >= 15 is 0 Å². The Morgan fingerprint density at radius 3 is 2.73 bits per heavy atom. The predicted octanol–water partition coefficient (Wildman–Crippen LogP) is 1.59. The summed E-state index contributed by atoms with van der Waals surface area (Å²) >= 11 is 0. The van der Waals surface area contributed by atoms with Crippen LogP contribution in [0.4, 0.5) is 0 Å². The van der Waals surface area contributed by atoms with E-state index in [1.807, 2.05) is 0 Å². The van der Waals surface area contributed by atoms with Crippen molar-refractivity contribution in [3.63, 3.8) is 0 Å². The van der Waals surface area contributed by atoms with E-state index in [4.69, 9.17) is 14.6 Å². The maximum Gasteiger partial charge on any atom is 0.162 e. The van der Waals surface area contributed by atoms with Crippen LogP contribution in [0.3, 0.4) is 0 Å². The van der Waals surface area contributed by atoms with Gasteiger partial charge in [-0.15, -0.1) is 5.92 Å². The first kappa shape index (κ1) is 11.4. The molecule has 80 valence electrons. The fourth-order valence-corrected chi connectivity index (χ4v) is 1.12. The van der Waals surface area contributed by atoms with E-state index in [2.05, 4.69) is 11.8 Å². The first-order valence-electron chi connectivity index (χ1n) is 4.62. The molecule has 1 rings (SSSR count). The molecule has 0 aromatic heterocycles. The third kappa shape index (κ3) is 3.19. The summed E-state index contributed by atoms with van der Waals surface area (Å²) < 4.78 is 10.5. The quantitative estimate of drug-likeness (QED) is 0.760. The largest absolute Gasteiger partial charge is 0.493 e. The molecule has 0 fully saturated rings. The molecule has 0 atom stereocenters. The van der Waals surface area contributed by atoms with E-state index in [0.717, 1.165) is 5.56 Å². The van der Waals surface area contributed by atoms with E-state index < -0.39 is 0 Å². The van der Waals surface area contributed by atoms with Crippen molar-refractivity contribution in [1.29, 1.82) is 0 Å². The van der Waals surface area contributed by atoms with Gasteiger partial charge in [-0.1, -0.05) is 12.0 Å². The van der Waals surface area contributed by atoms with Gasteiger partial charge < -0.3 is 14.6 Å². The van der Waals surface area contributed by atoms with Gasteiger partial charge in [-0.05, 0) is 24.6 Å². The zero-order valence-corrected chi connectivity index (χ0v) is 8.91. The Labute approximate surface area is 89.6 Å². The van der Waals surface area contributed by atoms with Gasteiger partial charge >= 0.3 is 0 Å². The van der Waals surface area contributed by atoms with Crippen LogP contribution in [0.15, 0.2) is 18.2 Å². The Balaban J connectivity index is 2.84. The second-order valence-electron chi connectivity index (χ2n) is 2.86. The highest BCUT2D eigenvalue weighted by atomic mass is 16.5. The SMILES string of the molecule is CC#CCOc1cc(CO)ccc1OC. The lowest BCUT2D eigenvalue weighted by atomic mass is 10.2. The van der Waals surface area contributed by atoms with Crippen molar-refractivity contribution in [1.82, 2.24) is 0 Å². The van der Waals surface area contributed by atoms with Gasteiger partial charge in [0.2, 0.25) is 0 Å².